The van der Waals surface area contributed by atoms with Gasteiger partial charge in [-0.3, -0.25) is 0 Å². The molecule has 0 aliphatic heterocycles. The van der Waals surface area contributed by atoms with Crippen LogP contribution in [0.3, 0.4) is 0 Å². The quantitative estimate of drug-likeness (QED) is 0.131. The highest BCUT2D eigenvalue weighted by atomic mass is 15.1. The van der Waals surface area contributed by atoms with Gasteiger partial charge >= 0.3 is 0 Å². The molecular weight excluding hydrogens is 771 g/mol. The van der Waals surface area contributed by atoms with Gasteiger partial charge in [0.05, 0.1) is 5.69 Å². The fourth-order valence-electron chi connectivity index (χ4n) is 10.4. The van der Waals surface area contributed by atoms with Gasteiger partial charge in [0, 0.05) is 27.8 Å². The lowest BCUT2D eigenvalue weighted by Crippen LogP contribution is -2.25. The van der Waals surface area contributed by atoms with Gasteiger partial charge in [0.25, 0.3) is 0 Å². The molecule has 0 spiro atoms. The fourth-order valence-corrected chi connectivity index (χ4v) is 10.4. The molecule has 0 aromatic heterocycles. The first kappa shape index (κ1) is 39.1. The maximum absolute atomic E-state index is 2.48. The first-order valence-corrected chi connectivity index (χ1v) is 22.4. The van der Waals surface area contributed by atoms with Crippen LogP contribution < -0.4 is 4.90 Å². The van der Waals surface area contributed by atoms with Crippen LogP contribution in [0, 0.1) is 0 Å². The van der Waals surface area contributed by atoms with Crippen molar-refractivity contribution in [1.82, 2.24) is 0 Å². The second-order valence-electron chi connectivity index (χ2n) is 17.8. The third kappa shape index (κ3) is 6.55. The van der Waals surface area contributed by atoms with E-state index in [1.807, 2.05) is 0 Å². The van der Waals surface area contributed by atoms with Crippen molar-refractivity contribution in [3.05, 3.63) is 270 Å². The lowest BCUT2D eigenvalue weighted by atomic mass is 9.71. The molecule has 0 radical (unpaired) electrons. The zero-order valence-electron chi connectivity index (χ0n) is 36.5. The van der Waals surface area contributed by atoms with Gasteiger partial charge in [0.15, 0.2) is 0 Å². The van der Waals surface area contributed by atoms with E-state index >= 15 is 0 Å². The maximum atomic E-state index is 2.48. The predicted octanol–water partition coefficient (Wildman–Crippen LogP) is 17.0. The van der Waals surface area contributed by atoms with Crippen LogP contribution in [-0.2, 0) is 10.8 Å². The molecule has 0 unspecified atom stereocenters. The lowest BCUT2D eigenvalue weighted by Gasteiger charge is -2.32. The third-order valence-corrected chi connectivity index (χ3v) is 13.9. The smallest absolute Gasteiger partial charge is 0.0546 e. The van der Waals surface area contributed by atoms with Crippen molar-refractivity contribution in [2.75, 3.05) is 4.90 Å². The van der Waals surface area contributed by atoms with Crippen molar-refractivity contribution in [1.29, 1.82) is 0 Å². The van der Waals surface area contributed by atoms with Gasteiger partial charge in [-0.25, -0.2) is 0 Å². The van der Waals surface area contributed by atoms with Crippen molar-refractivity contribution in [3.63, 3.8) is 0 Å². The van der Waals surface area contributed by atoms with Gasteiger partial charge in [0.1, 0.15) is 0 Å². The fraction of sp³-hybridized carbons (Fsp3) is 0.0794. The highest BCUT2D eigenvalue weighted by molar-refractivity contribution is 6.08. The normalized spacial score (nSPS) is 12.7. The molecule has 1 aliphatic carbocycles. The summed E-state index contributed by atoms with van der Waals surface area (Å²) in [6.07, 6.45) is 0. The van der Waals surface area contributed by atoms with E-state index in [0.717, 1.165) is 17.1 Å². The standard InChI is InChI=1S/C63H49N/c1-62(2)58-30-18-17-28-55(58)57-43-52(40-41-59(57)62)64(60-42-35-47-21-13-14-27-54(47)61(60)56-29-16-15-26-53(56)46-19-7-4-8-20-46)51-38-33-45(34-39-51)44-31-36-50(37-32-44)63(3,48-22-9-5-10-23-48)49-24-11-6-12-25-49/h4-43H,1-3H3. The molecule has 64 heavy (non-hydrogen) atoms. The van der Waals surface area contributed by atoms with Crippen LogP contribution >= 0.6 is 0 Å². The van der Waals surface area contributed by atoms with Crippen LogP contribution in [0.25, 0.3) is 55.3 Å². The van der Waals surface area contributed by atoms with E-state index in [0.29, 0.717) is 0 Å². The molecule has 306 valence electrons. The van der Waals surface area contributed by atoms with Crippen molar-refractivity contribution in [3.8, 4) is 44.5 Å². The van der Waals surface area contributed by atoms with E-state index < -0.39 is 0 Å². The monoisotopic (exact) mass is 819 g/mol. The molecule has 0 fully saturated rings. The molecule has 11 rings (SSSR count). The first-order valence-electron chi connectivity index (χ1n) is 22.4. The molecule has 10 aromatic rings. The number of nitrogens with zero attached hydrogens (tertiary/aromatic N) is 1. The van der Waals surface area contributed by atoms with Crippen LogP contribution in [0.4, 0.5) is 17.1 Å². The minimum Gasteiger partial charge on any atom is -0.310 e. The summed E-state index contributed by atoms with van der Waals surface area (Å²) >= 11 is 0. The zero-order chi connectivity index (χ0) is 43.3. The number of benzene rings is 10. The summed E-state index contributed by atoms with van der Waals surface area (Å²) in [6, 6.07) is 89.2. The second kappa shape index (κ2) is 15.9. The average Bonchev–Trinajstić information content (AvgIpc) is 3.59. The Hall–Kier alpha value is -7.74. The van der Waals surface area contributed by atoms with E-state index in [1.165, 1.54) is 83.1 Å². The Labute approximate surface area is 377 Å². The van der Waals surface area contributed by atoms with Crippen molar-refractivity contribution >= 4 is 27.8 Å². The molecule has 0 heterocycles. The number of hydrogen-bond acceptors (Lipinski definition) is 1. The molecule has 10 aromatic carbocycles. The maximum Gasteiger partial charge on any atom is 0.0546 e. The number of anilines is 3. The second-order valence-corrected chi connectivity index (χ2v) is 17.8. The van der Waals surface area contributed by atoms with Crippen LogP contribution in [0.1, 0.15) is 48.6 Å². The Bertz CT molecular complexity index is 3230. The lowest BCUT2D eigenvalue weighted by molar-refractivity contribution is 0.660. The van der Waals surface area contributed by atoms with E-state index in [2.05, 4.69) is 268 Å². The van der Waals surface area contributed by atoms with Gasteiger partial charge in [-0.05, 0) is 115 Å². The third-order valence-electron chi connectivity index (χ3n) is 13.9. The summed E-state index contributed by atoms with van der Waals surface area (Å²) < 4.78 is 0. The Kier molecular flexibility index (Phi) is 9.70. The molecule has 1 heteroatoms. The molecule has 0 bridgehead atoms. The van der Waals surface area contributed by atoms with Gasteiger partial charge in [-0.2, -0.15) is 0 Å². The Morgan fingerprint density at radius 3 is 1.53 bits per heavy atom. The molecule has 0 atom stereocenters. The number of hydrogen-bond donors (Lipinski definition) is 0. The van der Waals surface area contributed by atoms with Gasteiger partial charge < -0.3 is 4.90 Å². The molecule has 0 saturated carbocycles. The highest BCUT2D eigenvalue weighted by Crippen LogP contribution is 2.52. The largest absolute Gasteiger partial charge is 0.310 e. The molecule has 0 N–H and O–H groups in total. The highest BCUT2D eigenvalue weighted by Gasteiger charge is 2.36. The van der Waals surface area contributed by atoms with Crippen LogP contribution in [0.5, 0.6) is 0 Å². The Morgan fingerprint density at radius 2 is 0.859 bits per heavy atom. The minimum atomic E-state index is -0.298. The van der Waals surface area contributed by atoms with Crippen molar-refractivity contribution < 1.29 is 0 Å². The molecule has 0 saturated heterocycles. The topological polar surface area (TPSA) is 3.24 Å². The van der Waals surface area contributed by atoms with E-state index in [-0.39, 0.29) is 10.8 Å². The number of rotatable bonds is 9. The zero-order valence-corrected chi connectivity index (χ0v) is 36.5. The van der Waals surface area contributed by atoms with Gasteiger partial charge in [-0.15, -0.1) is 0 Å². The summed E-state index contributed by atoms with van der Waals surface area (Å²) in [7, 11) is 0. The van der Waals surface area contributed by atoms with E-state index in [1.54, 1.807) is 0 Å². The SMILES string of the molecule is CC1(C)c2ccccc2-c2cc(N(c3ccc(-c4ccc(C(C)(c5ccccc5)c5ccccc5)cc4)cc3)c3ccc4ccccc4c3-c3ccccc3-c3ccccc3)ccc21. The molecular formula is C63H49N. The van der Waals surface area contributed by atoms with Crippen LogP contribution in [-0.4, -0.2) is 0 Å². The summed E-state index contributed by atoms with van der Waals surface area (Å²) in [5, 5.41) is 2.43. The van der Waals surface area contributed by atoms with Gasteiger partial charge in [-0.1, -0.05) is 226 Å². The van der Waals surface area contributed by atoms with E-state index in [4.69, 9.17) is 0 Å². The summed E-state index contributed by atoms with van der Waals surface area (Å²) in [4.78, 5) is 2.48. The van der Waals surface area contributed by atoms with Crippen LogP contribution in [0.15, 0.2) is 243 Å². The summed E-state index contributed by atoms with van der Waals surface area (Å²) in [5.41, 5.74) is 19.3. The van der Waals surface area contributed by atoms with Crippen molar-refractivity contribution in [2.45, 2.75) is 31.6 Å². The predicted molar refractivity (Wildman–Crippen MR) is 271 cm³/mol. The van der Waals surface area contributed by atoms with Crippen LogP contribution in [0.2, 0.25) is 0 Å². The average molecular weight is 820 g/mol. The molecule has 1 aliphatic rings. The first-order chi connectivity index (χ1) is 31.4. The number of fused-ring (bicyclic) bond motifs is 4. The Balaban J connectivity index is 1.07. The van der Waals surface area contributed by atoms with E-state index in [9.17, 15) is 0 Å². The summed E-state index contributed by atoms with van der Waals surface area (Å²) in [5.74, 6) is 0. The van der Waals surface area contributed by atoms with Gasteiger partial charge in [0.2, 0.25) is 0 Å². The Morgan fingerprint density at radius 1 is 0.359 bits per heavy atom. The van der Waals surface area contributed by atoms with Crippen molar-refractivity contribution in [2.24, 2.45) is 0 Å². The molecule has 1 nitrogen and oxygen atoms in total. The molecule has 0 amide bonds. The summed E-state index contributed by atoms with van der Waals surface area (Å²) in [6.45, 7) is 7.05. The minimum absolute atomic E-state index is 0.0884.